The molecule has 0 bridgehead atoms. The van der Waals surface area contributed by atoms with Gasteiger partial charge in [-0.2, -0.15) is 0 Å². The van der Waals surface area contributed by atoms with E-state index in [0.717, 1.165) is 0 Å². The number of rotatable bonds is 3. The zero-order valence-electron chi connectivity index (χ0n) is 9.42. The van der Waals surface area contributed by atoms with Crippen LogP contribution in [0.1, 0.15) is 26.3 Å². The van der Waals surface area contributed by atoms with Crippen molar-refractivity contribution in [2.75, 3.05) is 0 Å². The Bertz CT molecular complexity index is 395. The second-order valence-corrected chi connectivity index (χ2v) is 5.07. The Balaban J connectivity index is 3.50. The van der Waals surface area contributed by atoms with Crippen LogP contribution in [0.5, 0.6) is 0 Å². The summed E-state index contributed by atoms with van der Waals surface area (Å²) in [5.41, 5.74) is -0.587. The fourth-order valence-corrected chi connectivity index (χ4v) is 2.43. The van der Waals surface area contributed by atoms with E-state index in [2.05, 4.69) is 0 Å². The number of hydrogen-bond acceptors (Lipinski definition) is 1. The normalized spacial score (nSPS) is 14.9. The molecule has 0 aromatic heterocycles. The highest BCUT2D eigenvalue weighted by atomic mass is 35.5. The van der Waals surface area contributed by atoms with Gasteiger partial charge in [-0.05, 0) is 25.0 Å². The van der Waals surface area contributed by atoms with E-state index in [4.69, 9.17) is 23.2 Å². The minimum absolute atomic E-state index is 0.109. The molecule has 0 spiro atoms. The molecule has 0 aliphatic heterocycles. The highest BCUT2D eigenvalue weighted by Crippen LogP contribution is 2.40. The summed E-state index contributed by atoms with van der Waals surface area (Å²) in [5.74, 6) is -1.03. The van der Waals surface area contributed by atoms with Gasteiger partial charge in [-0.25, -0.2) is 0 Å². The van der Waals surface area contributed by atoms with Crippen molar-refractivity contribution < 1.29 is 9.90 Å². The molecule has 88 valence electrons. The van der Waals surface area contributed by atoms with Crippen LogP contribution in [0.4, 0.5) is 0 Å². The summed E-state index contributed by atoms with van der Waals surface area (Å²) >= 11 is 12.1. The molecule has 0 saturated carbocycles. The van der Waals surface area contributed by atoms with Gasteiger partial charge in [0, 0.05) is 15.6 Å². The van der Waals surface area contributed by atoms with Crippen LogP contribution in [0.15, 0.2) is 18.2 Å². The minimum atomic E-state index is -1.07. The van der Waals surface area contributed by atoms with Crippen LogP contribution >= 0.6 is 23.2 Å². The lowest BCUT2D eigenvalue weighted by molar-refractivity contribution is -0.145. The lowest BCUT2D eigenvalue weighted by Crippen LogP contribution is -2.38. The van der Waals surface area contributed by atoms with Crippen LogP contribution in [0, 0.1) is 5.92 Å². The maximum absolute atomic E-state index is 11.5. The van der Waals surface area contributed by atoms with Crippen LogP contribution < -0.4 is 0 Å². The number of hydrogen-bond donors (Lipinski definition) is 1. The highest BCUT2D eigenvalue weighted by Gasteiger charge is 2.41. The van der Waals surface area contributed by atoms with Crippen molar-refractivity contribution in [3.8, 4) is 0 Å². The maximum atomic E-state index is 11.5. The van der Waals surface area contributed by atoms with Gasteiger partial charge in [0.25, 0.3) is 0 Å². The second kappa shape index (κ2) is 4.64. The molecule has 2 nitrogen and oxygen atoms in total. The van der Waals surface area contributed by atoms with Gasteiger partial charge in [0.05, 0.1) is 5.41 Å². The Labute approximate surface area is 105 Å². The molecule has 0 aliphatic carbocycles. The Morgan fingerprint density at radius 2 is 1.75 bits per heavy atom. The van der Waals surface area contributed by atoms with Crippen LogP contribution in [0.25, 0.3) is 0 Å². The molecular formula is C12H14Cl2O2. The first kappa shape index (κ1) is 13.3. The fourth-order valence-electron chi connectivity index (χ4n) is 1.64. The first-order valence-corrected chi connectivity index (χ1v) is 5.75. The average Bonchev–Trinajstić information content (AvgIpc) is 2.16. The van der Waals surface area contributed by atoms with E-state index in [0.29, 0.717) is 15.6 Å². The first-order valence-electron chi connectivity index (χ1n) is 4.99. The summed E-state index contributed by atoms with van der Waals surface area (Å²) in [5, 5.41) is 10.2. The van der Waals surface area contributed by atoms with Crippen molar-refractivity contribution >= 4 is 29.2 Å². The number of carboxylic acid groups (broad SMARTS) is 1. The average molecular weight is 261 g/mol. The molecule has 1 unspecified atom stereocenters. The fraction of sp³-hybridized carbons (Fsp3) is 0.417. The molecule has 1 aromatic carbocycles. The van der Waals surface area contributed by atoms with Gasteiger partial charge < -0.3 is 5.11 Å². The number of halogens is 2. The molecule has 1 aromatic rings. The highest BCUT2D eigenvalue weighted by molar-refractivity contribution is 6.36. The van der Waals surface area contributed by atoms with E-state index < -0.39 is 11.4 Å². The first-order chi connectivity index (χ1) is 7.31. The molecule has 0 heterocycles. The summed E-state index contributed by atoms with van der Waals surface area (Å²) < 4.78 is 0. The van der Waals surface area contributed by atoms with Crippen molar-refractivity contribution in [3.63, 3.8) is 0 Å². The van der Waals surface area contributed by atoms with Gasteiger partial charge in [0.1, 0.15) is 0 Å². The minimum Gasteiger partial charge on any atom is -0.481 e. The summed E-state index contributed by atoms with van der Waals surface area (Å²) in [7, 11) is 0. The third kappa shape index (κ3) is 2.04. The Morgan fingerprint density at radius 1 is 1.31 bits per heavy atom. The maximum Gasteiger partial charge on any atom is 0.314 e. The SMILES string of the molecule is CC(C)C(C)(C(=O)O)c1c(Cl)cccc1Cl. The van der Waals surface area contributed by atoms with Crippen molar-refractivity contribution in [1.82, 2.24) is 0 Å². The molecule has 0 saturated heterocycles. The van der Waals surface area contributed by atoms with Crippen LogP contribution in [-0.4, -0.2) is 11.1 Å². The number of carboxylic acids is 1. The molecule has 0 amide bonds. The Morgan fingerprint density at radius 3 is 2.06 bits per heavy atom. The van der Waals surface area contributed by atoms with Gasteiger partial charge >= 0.3 is 5.97 Å². The number of aliphatic carboxylic acids is 1. The van der Waals surface area contributed by atoms with Gasteiger partial charge in [0.2, 0.25) is 0 Å². The second-order valence-electron chi connectivity index (χ2n) is 4.26. The molecule has 1 atom stereocenters. The Hall–Kier alpha value is -0.730. The van der Waals surface area contributed by atoms with Crippen LogP contribution in [-0.2, 0) is 10.2 Å². The zero-order chi connectivity index (χ0) is 12.5. The number of carbonyl (C=O) groups is 1. The molecule has 1 N–H and O–H groups in total. The van der Waals surface area contributed by atoms with E-state index in [9.17, 15) is 9.90 Å². The van der Waals surface area contributed by atoms with E-state index in [1.54, 1.807) is 25.1 Å². The zero-order valence-corrected chi connectivity index (χ0v) is 10.9. The molecule has 0 aliphatic rings. The predicted octanol–water partition coefficient (Wildman–Crippen LogP) is 3.99. The Kier molecular flexibility index (Phi) is 3.87. The summed E-state index contributed by atoms with van der Waals surface area (Å²) in [6.45, 7) is 5.33. The lowest BCUT2D eigenvalue weighted by atomic mass is 9.73. The lowest BCUT2D eigenvalue weighted by Gasteiger charge is -2.31. The van der Waals surface area contributed by atoms with Crippen molar-refractivity contribution in [3.05, 3.63) is 33.8 Å². The van der Waals surface area contributed by atoms with Gasteiger partial charge in [-0.1, -0.05) is 43.1 Å². The summed E-state index contributed by atoms with van der Waals surface area (Å²) in [4.78, 5) is 11.5. The molecule has 1 rings (SSSR count). The monoisotopic (exact) mass is 260 g/mol. The van der Waals surface area contributed by atoms with Crippen LogP contribution in [0.2, 0.25) is 10.0 Å². The van der Waals surface area contributed by atoms with E-state index in [1.165, 1.54) is 0 Å². The van der Waals surface area contributed by atoms with E-state index >= 15 is 0 Å². The van der Waals surface area contributed by atoms with Gasteiger partial charge in [-0.3, -0.25) is 4.79 Å². The summed E-state index contributed by atoms with van der Waals surface area (Å²) in [6, 6.07) is 5.02. The molecule has 4 heteroatoms. The van der Waals surface area contributed by atoms with E-state index in [-0.39, 0.29) is 5.92 Å². The quantitative estimate of drug-likeness (QED) is 0.893. The van der Waals surface area contributed by atoms with Crippen molar-refractivity contribution in [1.29, 1.82) is 0 Å². The smallest absolute Gasteiger partial charge is 0.314 e. The number of benzene rings is 1. The molecule has 0 radical (unpaired) electrons. The topological polar surface area (TPSA) is 37.3 Å². The molecule has 0 fully saturated rings. The van der Waals surface area contributed by atoms with Crippen LogP contribution in [0.3, 0.4) is 0 Å². The molecule has 16 heavy (non-hydrogen) atoms. The third-order valence-electron chi connectivity index (χ3n) is 3.08. The van der Waals surface area contributed by atoms with Gasteiger partial charge in [-0.15, -0.1) is 0 Å². The van der Waals surface area contributed by atoms with Crippen molar-refractivity contribution in [2.24, 2.45) is 5.92 Å². The molecular weight excluding hydrogens is 247 g/mol. The van der Waals surface area contributed by atoms with Gasteiger partial charge in [0.15, 0.2) is 0 Å². The third-order valence-corrected chi connectivity index (χ3v) is 3.71. The largest absolute Gasteiger partial charge is 0.481 e. The van der Waals surface area contributed by atoms with Crippen molar-refractivity contribution in [2.45, 2.75) is 26.2 Å². The summed E-state index contributed by atoms with van der Waals surface area (Å²) in [6.07, 6.45) is 0. The predicted molar refractivity (Wildman–Crippen MR) is 66.3 cm³/mol. The standard InChI is InChI=1S/C12H14Cl2O2/c1-7(2)12(3,11(15)16)10-8(13)5-4-6-9(10)14/h4-7H,1-3H3,(H,15,16). The van der Waals surface area contributed by atoms with E-state index in [1.807, 2.05) is 13.8 Å².